The van der Waals surface area contributed by atoms with Crippen molar-refractivity contribution in [3.63, 3.8) is 0 Å². The molecule has 3 heterocycles. The quantitative estimate of drug-likeness (QED) is 0.213. The van der Waals surface area contributed by atoms with Crippen molar-refractivity contribution in [1.82, 2.24) is 12.9 Å². The Labute approximate surface area is 385 Å². The first-order chi connectivity index (χ1) is 28.1. The SMILES string of the molecule is CSC1=C2SCCCN(S(=O)(=O)c3ccc(C)cc3)CCN(S(=O)(=O)c3ccc(C)cc3)CCN(S(=O)(=O)c3ccc(C)cc3)CCCSC3=C(SC)SC(=C(S1)S2)S3. The highest BCUT2D eigenvalue weighted by Crippen LogP contribution is 2.65. The van der Waals surface area contributed by atoms with Gasteiger partial charge in [0.05, 0.1) is 40.1 Å². The molecule has 4 bridgehead atoms. The molecule has 0 saturated carbocycles. The molecule has 3 aliphatic heterocycles. The first kappa shape index (κ1) is 47.9. The van der Waals surface area contributed by atoms with Gasteiger partial charge >= 0.3 is 0 Å². The van der Waals surface area contributed by atoms with Crippen LogP contribution in [0.1, 0.15) is 29.5 Å². The van der Waals surface area contributed by atoms with E-state index in [1.165, 1.54) is 38.3 Å². The summed E-state index contributed by atoms with van der Waals surface area (Å²) in [7, 11) is -12.2. The van der Waals surface area contributed by atoms with Gasteiger partial charge in [0, 0.05) is 39.3 Å². The van der Waals surface area contributed by atoms with E-state index in [9.17, 15) is 25.3 Å². The molecular weight excluding hydrogens is 959 g/mol. The smallest absolute Gasteiger partial charge is 0.207 e. The number of thioether (sulfide) groups is 8. The van der Waals surface area contributed by atoms with E-state index in [0.717, 1.165) is 16.7 Å². The second-order valence-electron chi connectivity index (χ2n) is 13.6. The molecule has 6 rings (SSSR count). The molecule has 3 aromatic carbocycles. The molecule has 0 radical (unpaired) electrons. The number of hydrogen-bond acceptors (Lipinski definition) is 14. The lowest BCUT2D eigenvalue weighted by molar-refractivity contribution is 0.316. The Bertz CT molecular complexity index is 2270. The number of nitrogens with zero attached hydrogens (tertiary/aromatic N) is 3. The van der Waals surface area contributed by atoms with Gasteiger partial charge in [-0.3, -0.25) is 0 Å². The zero-order valence-electron chi connectivity index (χ0n) is 33.3. The first-order valence-corrected chi connectivity index (χ1v) is 30.6. The molecule has 9 nitrogen and oxygen atoms in total. The Hall–Kier alpha value is -0.590. The van der Waals surface area contributed by atoms with Gasteiger partial charge < -0.3 is 0 Å². The summed E-state index contributed by atoms with van der Waals surface area (Å²) in [5.74, 6) is 1.34. The summed E-state index contributed by atoms with van der Waals surface area (Å²) in [6, 6.07) is 19.9. The minimum absolute atomic E-state index is 0.0595. The van der Waals surface area contributed by atoms with Crippen molar-refractivity contribution in [2.75, 3.05) is 63.3 Å². The van der Waals surface area contributed by atoms with E-state index in [4.69, 9.17) is 0 Å². The van der Waals surface area contributed by atoms with E-state index in [2.05, 4.69) is 12.5 Å². The van der Waals surface area contributed by atoms with E-state index in [1.807, 2.05) is 20.8 Å². The van der Waals surface area contributed by atoms with E-state index in [1.54, 1.807) is 167 Å². The van der Waals surface area contributed by atoms with Gasteiger partial charge in [-0.2, -0.15) is 12.9 Å². The van der Waals surface area contributed by atoms with Gasteiger partial charge in [0.1, 0.15) is 0 Å². The largest absolute Gasteiger partial charge is 0.243 e. The van der Waals surface area contributed by atoms with Crippen molar-refractivity contribution in [1.29, 1.82) is 0 Å². The third-order valence-electron chi connectivity index (χ3n) is 9.36. The summed E-state index contributed by atoms with van der Waals surface area (Å²) in [5, 5.41) is 0. The first-order valence-electron chi connectivity index (χ1n) is 18.6. The van der Waals surface area contributed by atoms with Gasteiger partial charge in [0.2, 0.25) is 30.1 Å². The second kappa shape index (κ2) is 21.4. The van der Waals surface area contributed by atoms with E-state index < -0.39 is 30.1 Å². The average molecular weight is 1010 g/mol. The van der Waals surface area contributed by atoms with Gasteiger partial charge in [-0.05, 0) is 94.0 Å². The van der Waals surface area contributed by atoms with Gasteiger partial charge in [0.25, 0.3) is 0 Å². The number of aryl methyl sites for hydroxylation is 3. The molecule has 0 saturated heterocycles. The fourth-order valence-corrected chi connectivity index (χ4v) is 21.5. The van der Waals surface area contributed by atoms with Gasteiger partial charge in [-0.15, -0.1) is 47.0 Å². The Morgan fingerprint density at radius 1 is 0.424 bits per heavy atom. The number of fused-ring (bicyclic) bond motifs is 4. The van der Waals surface area contributed by atoms with Crippen LogP contribution in [0.4, 0.5) is 0 Å². The highest BCUT2D eigenvalue weighted by Gasteiger charge is 2.33. The maximum atomic E-state index is 14.5. The summed E-state index contributed by atoms with van der Waals surface area (Å²) < 4.78 is 97.6. The van der Waals surface area contributed by atoms with Crippen LogP contribution in [0.25, 0.3) is 0 Å². The standard InChI is InChI=1S/C39H47N3O6S11/c1-28-8-14-31(15-9-28)57(43,44)40-20-6-26-51-36-34(49-4)53-38(55-36)39-54-35(50-5)37(56-39)52-27-7-21-41(58(45,46)32-16-10-29(2)11-17-32)23-25-42(24-22-40)59(47,48)33-18-12-30(3)13-19-33/h8-19H,6-7,20-27H2,1-5H3. The fourth-order valence-electron chi connectivity index (χ4n) is 6.03. The van der Waals surface area contributed by atoms with Crippen molar-refractivity contribution in [3.8, 4) is 0 Å². The van der Waals surface area contributed by atoms with Crippen LogP contribution in [-0.4, -0.2) is 101 Å². The van der Waals surface area contributed by atoms with Crippen LogP contribution in [-0.2, 0) is 30.1 Å². The molecule has 3 aromatic rings. The van der Waals surface area contributed by atoms with E-state index in [0.29, 0.717) is 24.3 Å². The predicted octanol–water partition coefficient (Wildman–Crippen LogP) is 10.3. The molecule has 0 amide bonds. The molecule has 59 heavy (non-hydrogen) atoms. The lowest BCUT2D eigenvalue weighted by atomic mass is 10.2. The molecule has 3 aliphatic rings. The molecular formula is C39H47N3O6S11. The lowest BCUT2D eigenvalue weighted by Gasteiger charge is -2.29. The topological polar surface area (TPSA) is 112 Å². The third-order valence-corrected chi connectivity index (χ3v) is 26.5. The minimum Gasteiger partial charge on any atom is -0.207 e. The summed E-state index contributed by atoms with van der Waals surface area (Å²) in [6.07, 6.45) is 5.23. The third kappa shape index (κ3) is 12.0. The van der Waals surface area contributed by atoms with Crippen molar-refractivity contribution in [2.24, 2.45) is 0 Å². The van der Waals surface area contributed by atoms with Gasteiger partial charge in [-0.1, -0.05) is 100 Å². The molecule has 0 aliphatic carbocycles. The van der Waals surface area contributed by atoms with Gasteiger partial charge in [0.15, 0.2) is 0 Å². The Morgan fingerprint density at radius 3 is 1.00 bits per heavy atom. The summed E-state index contributed by atoms with van der Waals surface area (Å²) in [6.45, 7) is 5.43. The normalized spacial score (nSPS) is 19.7. The minimum atomic E-state index is -4.18. The van der Waals surface area contributed by atoms with Crippen LogP contribution in [0, 0.1) is 20.8 Å². The molecule has 0 N–H and O–H groups in total. The second-order valence-corrected chi connectivity index (χ2v) is 28.9. The summed E-state index contributed by atoms with van der Waals surface area (Å²) in [5.41, 5.74) is 2.73. The zero-order chi connectivity index (χ0) is 42.4. The van der Waals surface area contributed by atoms with Crippen molar-refractivity contribution >= 4 is 124 Å². The predicted molar refractivity (Wildman–Crippen MR) is 262 cm³/mol. The molecule has 0 spiro atoms. The number of sulfonamides is 3. The zero-order valence-corrected chi connectivity index (χ0v) is 42.3. The monoisotopic (exact) mass is 1010 g/mol. The number of benzene rings is 3. The molecule has 0 atom stereocenters. The van der Waals surface area contributed by atoms with Crippen LogP contribution in [0.15, 0.2) is 113 Å². The van der Waals surface area contributed by atoms with Crippen LogP contribution >= 0.6 is 94.1 Å². The molecule has 0 fully saturated rings. The van der Waals surface area contributed by atoms with E-state index >= 15 is 0 Å². The number of rotatable bonds is 8. The maximum absolute atomic E-state index is 14.5. The molecule has 320 valence electrons. The molecule has 0 aromatic heterocycles. The summed E-state index contributed by atoms with van der Waals surface area (Å²) in [4.78, 5) is 0.334. The molecule has 20 heteroatoms. The Kier molecular flexibility index (Phi) is 17.4. The number of hydrogen-bond donors (Lipinski definition) is 0. The highest BCUT2D eigenvalue weighted by atomic mass is 32.3. The molecule has 0 unspecified atom stereocenters. The lowest BCUT2D eigenvalue weighted by Crippen LogP contribution is -2.45. The van der Waals surface area contributed by atoms with Crippen molar-refractivity contribution in [2.45, 2.75) is 48.3 Å². The Morgan fingerprint density at radius 2 is 0.712 bits per heavy atom. The maximum Gasteiger partial charge on any atom is 0.243 e. The van der Waals surface area contributed by atoms with Crippen LogP contribution in [0.2, 0.25) is 0 Å². The fraction of sp³-hybridized carbons (Fsp3) is 0.385. The van der Waals surface area contributed by atoms with Crippen LogP contribution in [0.3, 0.4) is 0 Å². The van der Waals surface area contributed by atoms with Crippen LogP contribution < -0.4 is 0 Å². The van der Waals surface area contributed by atoms with Crippen molar-refractivity contribution < 1.29 is 25.3 Å². The average Bonchev–Trinajstić information content (AvgIpc) is 3.83. The highest BCUT2D eigenvalue weighted by molar-refractivity contribution is 8.45. The van der Waals surface area contributed by atoms with Crippen molar-refractivity contribution in [3.05, 3.63) is 115 Å². The Balaban J connectivity index is 1.37. The van der Waals surface area contributed by atoms with Crippen LogP contribution in [0.5, 0.6) is 0 Å². The summed E-state index contributed by atoms with van der Waals surface area (Å²) >= 11 is 14.0. The van der Waals surface area contributed by atoms with E-state index in [-0.39, 0.29) is 54.0 Å². The van der Waals surface area contributed by atoms with Gasteiger partial charge in [-0.25, -0.2) is 25.3 Å².